The number of nitrogens with one attached hydrogen (secondary N) is 1. The lowest BCUT2D eigenvalue weighted by atomic mass is 10.2. The summed E-state index contributed by atoms with van der Waals surface area (Å²) in [5, 5.41) is 11.5. The molecule has 0 bridgehead atoms. The Labute approximate surface area is 90.5 Å². The van der Waals surface area contributed by atoms with Crippen molar-refractivity contribution in [3.8, 4) is 0 Å². The fourth-order valence-corrected chi connectivity index (χ4v) is 1.09. The topological polar surface area (TPSA) is 62.2 Å². The molecule has 1 aromatic heterocycles. The van der Waals surface area contributed by atoms with Crippen molar-refractivity contribution in [2.75, 3.05) is 6.54 Å². The van der Waals surface area contributed by atoms with Gasteiger partial charge < -0.3 is 10.4 Å². The van der Waals surface area contributed by atoms with Crippen LogP contribution in [0, 0.1) is 0 Å². The lowest BCUT2D eigenvalue weighted by molar-refractivity contribution is 0.0923. The number of pyridine rings is 1. The zero-order valence-electron chi connectivity index (χ0n) is 7.70. The van der Waals surface area contributed by atoms with Gasteiger partial charge in [0.25, 0.3) is 5.91 Å². The fourth-order valence-electron chi connectivity index (χ4n) is 0.853. The zero-order chi connectivity index (χ0) is 10.6. The number of carbonyl (C=O) groups excluding carboxylic acids is 1. The second-order valence-corrected chi connectivity index (χ2v) is 3.74. The van der Waals surface area contributed by atoms with Gasteiger partial charge in [-0.2, -0.15) is 0 Å². The molecular formula is C9H11BrN2O2. The molecule has 0 aliphatic carbocycles. The van der Waals surface area contributed by atoms with E-state index in [2.05, 4.69) is 26.2 Å². The van der Waals surface area contributed by atoms with Crippen LogP contribution < -0.4 is 5.32 Å². The number of amides is 1. The highest BCUT2D eigenvalue weighted by Crippen LogP contribution is 2.05. The van der Waals surface area contributed by atoms with E-state index in [-0.39, 0.29) is 12.5 Å². The summed E-state index contributed by atoms with van der Waals surface area (Å²) in [5.41, 5.74) is 0.480. The Balaban J connectivity index is 2.57. The standard InChI is InChI=1S/C9H11BrN2O2/c1-6(13)4-12-9(14)7-2-3-8(10)11-5-7/h2-3,5-6,13H,4H2,1H3,(H,12,14)/t6-/m0/s1. The normalized spacial score (nSPS) is 12.2. The average molecular weight is 259 g/mol. The molecular weight excluding hydrogens is 248 g/mol. The van der Waals surface area contributed by atoms with Gasteiger partial charge in [-0.25, -0.2) is 4.98 Å². The van der Waals surface area contributed by atoms with Gasteiger partial charge in [-0.05, 0) is 35.0 Å². The molecule has 14 heavy (non-hydrogen) atoms. The minimum Gasteiger partial charge on any atom is -0.392 e. The predicted octanol–water partition coefficient (Wildman–Crippen LogP) is 0.955. The molecule has 1 aromatic rings. The first-order valence-corrected chi connectivity index (χ1v) is 4.96. The van der Waals surface area contributed by atoms with Crippen molar-refractivity contribution in [3.63, 3.8) is 0 Å². The molecule has 0 saturated heterocycles. The van der Waals surface area contributed by atoms with Gasteiger partial charge in [0, 0.05) is 12.7 Å². The van der Waals surface area contributed by atoms with E-state index in [9.17, 15) is 4.79 Å². The molecule has 76 valence electrons. The molecule has 1 heterocycles. The van der Waals surface area contributed by atoms with Gasteiger partial charge in [-0.1, -0.05) is 0 Å². The molecule has 1 rings (SSSR count). The van der Waals surface area contributed by atoms with Crippen LogP contribution in [0.25, 0.3) is 0 Å². The van der Waals surface area contributed by atoms with Gasteiger partial charge in [0.2, 0.25) is 0 Å². The third kappa shape index (κ3) is 3.43. The van der Waals surface area contributed by atoms with Gasteiger partial charge in [0.05, 0.1) is 11.7 Å². The summed E-state index contributed by atoms with van der Waals surface area (Å²) >= 11 is 3.17. The quantitative estimate of drug-likeness (QED) is 0.794. The van der Waals surface area contributed by atoms with Crippen LogP contribution in [0.15, 0.2) is 22.9 Å². The van der Waals surface area contributed by atoms with Crippen LogP contribution in [0.1, 0.15) is 17.3 Å². The van der Waals surface area contributed by atoms with Crippen molar-refractivity contribution in [3.05, 3.63) is 28.5 Å². The molecule has 0 aromatic carbocycles. The van der Waals surface area contributed by atoms with Crippen LogP contribution in [0.2, 0.25) is 0 Å². The van der Waals surface area contributed by atoms with Crippen molar-refractivity contribution in [2.24, 2.45) is 0 Å². The highest BCUT2D eigenvalue weighted by molar-refractivity contribution is 9.10. The summed E-state index contributed by atoms with van der Waals surface area (Å²) in [7, 11) is 0. The SMILES string of the molecule is C[C@H](O)CNC(=O)c1ccc(Br)nc1. The van der Waals surface area contributed by atoms with Gasteiger partial charge in [-0.3, -0.25) is 4.79 Å². The Morgan fingerprint density at radius 3 is 2.93 bits per heavy atom. The zero-order valence-corrected chi connectivity index (χ0v) is 9.28. The Hall–Kier alpha value is -0.940. The molecule has 1 atom stereocenters. The molecule has 0 fully saturated rings. The number of halogens is 1. The van der Waals surface area contributed by atoms with Crippen molar-refractivity contribution in [2.45, 2.75) is 13.0 Å². The lowest BCUT2D eigenvalue weighted by Gasteiger charge is -2.06. The number of rotatable bonds is 3. The molecule has 1 amide bonds. The maximum absolute atomic E-state index is 11.4. The van der Waals surface area contributed by atoms with Crippen LogP contribution >= 0.6 is 15.9 Å². The largest absolute Gasteiger partial charge is 0.392 e. The number of hydrogen-bond acceptors (Lipinski definition) is 3. The first-order chi connectivity index (χ1) is 6.59. The van der Waals surface area contributed by atoms with E-state index in [1.165, 1.54) is 6.20 Å². The summed E-state index contributed by atoms with van der Waals surface area (Å²) in [4.78, 5) is 15.3. The van der Waals surface area contributed by atoms with E-state index in [1.807, 2.05) is 0 Å². The van der Waals surface area contributed by atoms with Crippen LogP contribution in [-0.4, -0.2) is 28.6 Å². The molecule has 5 heteroatoms. The minimum atomic E-state index is -0.539. The molecule has 0 radical (unpaired) electrons. The van der Waals surface area contributed by atoms with Crippen molar-refractivity contribution >= 4 is 21.8 Å². The van der Waals surface area contributed by atoms with E-state index in [0.717, 1.165) is 0 Å². The summed E-state index contributed by atoms with van der Waals surface area (Å²) in [6, 6.07) is 3.35. The van der Waals surface area contributed by atoms with Crippen LogP contribution in [0.5, 0.6) is 0 Å². The Morgan fingerprint density at radius 2 is 2.43 bits per heavy atom. The number of aliphatic hydroxyl groups is 1. The second kappa shape index (κ2) is 5.07. The summed E-state index contributed by atoms with van der Waals surface area (Å²) < 4.78 is 0.685. The van der Waals surface area contributed by atoms with E-state index in [4.69, 9.17) is 5.11 Å². The van der Waals surface area contributed by atoms with Gasteiger partial charge in [0.1, 0.15) is 4.60 Å². The molecule has 0 spiro atoms. The van der Waals surface area contributed by atoms with E-state index < -0.39 is 6.10 Å². The van der Waals surface area contributed by atoms with Crippen molar-refractivity contribution in [1.29, 1.82) is 0 Å². The maximum Gasteiger partial charge on any atom is 0.252 e. The molecule has 4 nitrogen and oxygen atoms in total. The van der Waals surface area contributed by atoms with Crippen LogP contribution in [-0.2, 0) is 0 Å². The van der Waals surface area contributed by atoms with Crippen molar-refractivity contribution in [1.82, 2.24) is 10.3 Å². The monoisotopic (exact) mass is 258 g/mol. The molecule has 0 saturated carbocycles. The highest BCUT2D eigenvalue weighted by atomic mass is 79.9. The number of hydrogen-bond donors (Lipinski definition) is 2. The molecule has 2 N–H and O–H groups in total. The maximum atomic E-state index is 11.4. The summed E-state index contributed by atoms with van der Waals surface area (Å²) in [5.74, 6) is -0.231. The van der Waals surface area contributed by atoms with E-state index in [0.29, 0.717) is 10.2 Å². The van der Waals surface area contributed by atoms with Crippen LogP contribution in [0.3, 0.4) is 0 Å². The molecule has 0 unspecified atom stereocenters. The molecule has 0 aliphatic heterocycles. The lowest BCUT2D eigenvalue weighted by Crippen LogP contribution is -2.30. The van der Waals surface area contributed by atoms with Gasteiger partial charge >= 0.3 is 0 Å². The second-order valence-electron chi connectivity index (χ2n) is 2.93. The summed E-state index contributed by atoms with van der Waals surface area (Å²) in [6.45, 7) is 1.86. The fraction of sp³-hybridized carbons (Fsp3) is 0.333. The number of aliphatic hydroxyl groups excluding tert-OH is 1. The number of aromatic nitrogens is 1. The first kappa shape index (κ1) is 11.1. The van der Waals surface area contributed by atoms with Crippen molar-refractivity contribution < 1.29 is 9.90 Å². The van der Waals surface area contributed by atoms with Crippen LogP contribution in [0.4, 0.5) is 0 Å². The smallest absolute Gasteiger partial charge is 0.252 e. The minimum absolute atomic E-state index is 0.231. The Bertz CT molecular complexity index is 311. The van der Waals surface area contributed by atoms with Gasteiger partial charge in [-0.15, -0.1) is 0 Å². The van der Waals surface area contributed by atoms with E-state index in [1.54, 1.807) is 19.1 Å². The third-order valence-corrected chi connectivity index (χ3v) is 2.02. The predicted molar refractivity (Wildman–Crippen MR) is 56.0 cm³/mol. The average Bonchev–Trinajstić information content (AvgIpc) is 2.15. The van der Waals surface area contributed by atoms with Gasteiger partial charge in [0.15, 0.2) is 0 Å². The number of carbonyl (C=O) groups is 1. The Morgan fingerprint density at radius 1 is 1.71 bits per heavy atom. The summed E-state index contributed by atoms with van der Waals surface area (Å²) in [6.07, 6.45) is 0.934. The molecule has 0 aliphatic rings. The third-order valence-electron chi connectivity index (χ3n) is 1.55. The number of nitrogens with zero attached hydrogens (tertiary/aromatic N) is 1. The Kier molecular flexibility index (Phi) is 4.03. The first-order valence-electron chi connectivity index (χ1n) is 4.17. The highest BCUT2D eigenvalue weighted by Gasteiger charge is 2.05. The van der Waals surface area contributed by atoms with E-state index >= 15 is 0 Å².